The summed E-state index contributed by atoms with van der Waals surface area (Å²) in [6.45, 7) is 4.79. The molecule has 0 fully saturated rings. The van der Waals surface area contributed by atoms with E-state index in [1.165, 1.54) is 18.2 Å². The van der Waals surface area contributed by atoms with Gasteiger partial charge in [-0.2, -0.15) is 0 Å². The molecule has 0 spiro atoms. The molecule has 0 radical (unpaired) electrons. The van der Waals surface area contributed by atoms with Crippen molar-refractivity contribution in [3.05, 3.63) is 18.2 Å². The number of rotatable bonds is 4. The minimum Gasteiger partial charge on any atom is -0.482 e. The Morgan fingerprint density at radius 1 is 1.35 bits per heavy atom. The number of aliphatic carboxylic acids is 1. The van der Waals surface area contributed by atoms with E-state index < -0.39 is 24.3 Å². The minimum atomic E-state index is -1.08. The van der Waals surface area contributed by atoms with Crippen LogP contribution in [0, 0.1) is 0 Å². The van der Waals surface area contributed by atoms with Gasteiger partial charge in [-0.15, -0.1) is 0 Å². The molecule has 1 aromatic carbocycles. The minimum absolute atomic E-state index is 0.249. The van der Waals surface area contributed by atoms with Crippen LogP contribution in [-0.2, 0) is 9.53 Å². The fourth-order valence-electron chi connectivity index (χ4n) is 1.30. The zero-order chi connectivity index (χ0) is 15.3. The number of carbonyl (C=O) groups excluding carboxylic acids is 1. The molecule has 0 aliphatic heterocycles. The SMILES string of the molecule is CC(C)(C)OC(=O)Nc1ccc(OCC(=O)O)cc1N. The Hall–Kier alpha value is -2.44. The third-order valence-electron chi connectivity index (χ3n) is 2.02. The Morgan fingerprint density at radius 2 is 2.00 bits per heavy atom. The Labute approximate surface area is 116 Å². The van der Waals surface area contributed by atoms with E-state index in [4.69, 9.17) is 20.3 Å². The van der Waals surface area contributed by atoms with Crippen molar-refractivity contribution in [3.63, 3.8) is 0 Å². The average Bonchev–Trinajstić information content (AvgIpc) is 2.27. The van der Waals surface area contributed by atoms with Crippen molar-refractivity contribution >= 4 is 23.4 Å². The molecule has 4 N–H and O–H groups in total. The molecule has 20 heavy (non-hydrogen) atoms. The van der Waals surface area contributed by atoms with Crippen molar-refractivity contribution in [1.29, 1.82) is 0 Å². The summed E-state index contributed by atoms with van der Waals surface area (Å²) in [5, 5.41) is 11.0. The third-order valence-corrected chi connectivity index (χ3v) is 2.02. The number of benzene rings is 1. The van der Waals surface area contributed by atoms with Gasteiger partial charge in [-0.05, 0) is 32.9 Å². The highest BCUT2D eigenvalue weighted by Gasteiger charge is 2.17. The van der Waals surface area contributed by atoms with Crippen LogP contribution >= 0.6 is 0 Å². The van der Waals surface area contributed by atoms with Crippen LogP contribution in [0.2, 0.25) is 0 Å². The third kappa shape index (κ3) is 5.47. The highest BCUT2D eigenvalue weighted by atomic mass is 16.6. The van der Waals surface area contributed by atoms with E-state index in [0.717, 1.165) is 0 Å². The maximum absolute atomic E-state index is 11.6. The molecule has 7 heteroatoms. The van der Waals surface area contributed by atoms with Crippen LogP contribution in [0.3, 0.4) is 0 Å². The Morgan fingerprint density at radius 3 is 2.50 bits per heavy atom. The molecule has 110 valence electrons. The van der Waals surface area contributed by atoms with Crippen molar-refractivity contribution in [2.45, 2.75) is 26.4 Å². The van der Waals surface area contributed by atoms with Gasteiger partial charge in [0.1, 0.15) is 11.4 Å². The molecule has 0 atom stereocenters. The maximum Gasteiger partial charge on any atom is 0.412 e. The number of hydrogen-bond donors (Lipinski definition) is 3. The normalized spacial score (nSPS) is 10.8. The molecule has 0 aliphatic carbocycles. The first-order valence-corrected chi connectivity index (χ1v) is 5.91. The van der Waals surface area contributed by atoms with Gasteiger partial charge in [-0.1, -0.05) is 0 Å². The second-order valence-corrected chi connectivity index (χ2v) is 5.06. The molecule has 0 aromatic heterocycles. The Bertz CT molecular complexity index is 508. The van der Waals surface area contributed by atoms with Gasteiger partial charge in [0, 0.05) is 6.07 Å². The average molecular weight is 282 g/mol. The lowest BCUT2D eigenvalue weighted by Gasteiger charge is -2.20. The summed E-state index contributed by atoms with van der Waals surface area (Å²) in [6.07, 6.45) is -0.622. The topological polar surface area (TPSA) is 111 Å². The molecule has 1 aromatic rings. The maximum atomic E-state index is 11.6. The number of nitrogens with two attached hydrogens (primary N) is 1. The van der Waals surface area contributed by atoms with Gasteiger partial charge in [0.15, 0.2) is 6.61 Å². The van der Waals surface area contributed by atoms with Crippen LogP contribution in [0.4, 0.5) is 16.2 Å². The van der Waals surface area contributed by atoms with E-state index in [-0.39, 0.29) is 5.69 Å². The fraction of sp³-hybridized carbons (Fsp3) is 0.385. The summed E-state index contributed by atoms with van der Waals surface area (Å²) in [4.78, 5) is 22.0. The number of carboxylic acids is 1. The Kier molecular flexibility index (Phi) is 4.79. The van der Waals surface area contributed by atoms with Gasteiger partial charge in [0.05, 0.1) is 11.4 Å². The summed E-state index contributed by atoms with van der Waals surface area (Å²) in [5.41, 5.74) is 5.75. The van der Waals surface area contributed by atoms with Gasteiger partial charge in [0.2, 0.25) is 0 Å². The fourth-order valence-corrected chi connectivity index (χ4v) is 1.30. The first-order chi connectivity index (χ1) is 9.17. The molecule has 0 bridgehead atoms. The van der Waals surface area contributed by atoms with Crippen molar-refractivity contribution in [2.75, 3.05) is 17.7 Å². The molecular formula is C13H18N2O5. The van der Waals surface area contributed by atoms with Crippen LogP contribution in [0.5, 0.6) is 5.75 Å². The van der Waals surface area contributed by atoms with E-state index in [1.807, 2.05) is 0 Å². The first kappa shape index (κ1) is 15.6. The highest BCUT2D eigenvalue weighted by molar-refractivity contribution is 5.89. The quantitative estimate of drug-likeness (QED) is 0.729. The highest BCUT2D eigenvalue weighted by Crippen LogP contribution is 2.24. The Balaban J connectivity index is 2.68. The van der Waals surface area contributed by atoms with E-state index in [0.29, 0.717) is 11.4 Å². The van der Waals surface area contributed by atoms with Crippen LogP contribution < -0.4 is 15.8 Å². The summed E-state index contributed by atoms with van der Waals surface area (Å²) in [5.74, 6) is -0.779. The van der Waals surface area contributed by atoms with Crippen LogP contribution in [0.15, 0.2) is 18.2 Å². The number of nitrogens with one attached hydrogen (secondary N) is 1. The lowest BCUT2D eigenvalue weighted by molar-refractivity contribution is -0.139. The molecule has 0 aliphatic rings. The summed E-state index contributed by atoms with van der Waals surface area (Å²) >= 11 is 0. The number of nitrogen functional groups attached to an aromatic ring is 1. The van der Waals surface area contributed by atoms with Crippen LogP contribution in [0.1, 0.15) is 20.8 Å². The molecule has 0 unspecified atom stereocenters. The van der Waals surface area contributed by atoms with Crippen LogP contribution in [-0.4, -0.2) is 29.4 Å². The number of ether oxygens (including phenoxy) is 2. The van der Waals surface area contributed by atoms with Gasteiger partial charge in [-0.25, -0.2) is 9.59 Å². The number of carboxylic acid groups (broad SMARTS) is 1. The smallest absolute Gasteiger partial charge is 0.412 e. The monoisotopic (exact) mass is 282 g/mol. The molecular weight excluding hydrogens is 264 g/mol. The van der Waals surface area contributed by atoms with E-state index in [1.54, 1.807) is 20.8 Å². The molecule has 0 heterocycles. The van der Waals surface area contributed by atoms with E-state index in [9.17, 15) is 9.59 Å². The summed E-state index contributed by atoms with van der Waals surface area (Å²) in [6, 6.07) is 4.44. The number of amides is 1. The second-order valence-electron chi connectivity index (χ2n) is 5.06. The lowest BCUT2D eigenvalue weighted by Crippen LogP contribution is -2.27. The number of carbonyl (C=O) groups is 2. The van der Waals surface area contributed by atoms with Gasteiger partial charge in [-0.3, -0.25) is 5.32 Å². The van der Waals surface area contributed by atoms with E-state index >= 15 is 0 Å². The second kappa shape index (κ2) is 6.14. The summed E-state index contributed by atoms with van der Waals surface area (Å²) < 4.78 is 10.1. The van der Waals surface area contributed by atoms with Crippen molar-refractivity contribution < 1.29 is 24.2 Å². The van der Waals surface area contributed by atoms with Crippen LogP contribution in [0.25, 0.3) is 0 Å². The van der Waals surface area contributed by atoms with Crippen molar-refractivity contribution in [1.82, 2.24) is 0 Å². The van der Waals surface area contributed by atoms with Gasteiger partial charge in [0.25, 0.3) is 0 Å². The van der Waals surface area contributed by atoms with Gasteiger partial charge < -0.3 is 20.3 Å². The summed E-state index contributed by atoms with van der Waals surface area (Å²) in [7, 11) is 0. The van der Waals surface area contributed by atoms with Crippen molar-refractivity contribution in [3.8, 4) is 5.75 Å². The largest absolute Gasteiger partial charge is 0.482 e. The van der Waals surface area contributed by atoms with Gasteiger partial charge >= 0.3 is 12.1 Å². The zero-order valence-corrected chi connectivity index (χ0v) is 11.6. The predicted octanol–water partition coefficient (Wildman–Crippen LogP) is 2.08. The number of hydrogen-bond acceptors (Lipinski definition) is 5. The van der Waals surface area contributed by atoms with E-state index in [2.05, 4.69) is 5.32 Å². The standard InChI is InChI=1S/C13H18N2O5/c1-13(2,3)20-12(18)15-10-5-4-8(6-9(10)14)19-7-11(16)17/h4-6H,7,14H2,1-3H3,(H,15,18)(H,16,17). The molecule has 1 amide bonds. The lowest BCUT2D eigenvalue weighted by atomic mass is 10.2. The first-order valence-electron chi connectivity index (χ1n) is 5.91. The molecule has 0 saturated heterocycles. The zero-order valence-electron chi connectivity index (χ0n) is 11.6. The predicted molar refractivity (Wildman–Crippen MR) is 73.8 cm³/mol. The number of anilines is 2. The van der Waals surface area contributed by atoms with Crippen molar-refractivity contribution in [2.24, 2.45) is 0 Å². The molecule has 0 saturated carbocycles. The molecule has 1 rings (SSSR count). The molecule has 7 nitrogen and oxygen atoms in total.